The molecule has 162 valence electrons. The summed E-state index contributed by atoms with van der Waals surface area (Å²) >= 11 is 0. The molecular weight excluding hydrogens is 380 g/mol. The van der Waals surface area contributed by atoms with Gasteiger partial charge in [0.15, 0.2) is 0 Å². The Morgan fingerprint density at radius 3 is 1.97 bits per heavy atom. The highest BCUT2D eigenvalue weighted by Crippen LogP contribution is 2.47. The third-order valence-electron chi connectivity index (χ3n) is 7.55. The molecule has 0 aromatic rings. The maximum atomic E-state index is 11.4. The highest BCUT2D eigenvalue weighted by molar-refractivity contribution is 5.83. The van der Waals surface area contributed by atoms with E-state index >= 15 is 0 Å². The molecule has 29 heavy (non-hydrogen) atoms. The summed E-state index contributed by atoms with van der Waals surface area (Å²) in [7, 11) is 0. The molecule has 6 fully saturated rings. The molecule has 6 rings (SSSR count). The number of carboxylic acid groups (broad SMARTS) is 2. The summed E-state index contributed by atoms with van der Waals surface area (Å²) in [6.07, 6.45) is 10.4. The molecular formula is C21H30O8. The van der Waals surface area contributed by atoms with Crippen molar-refractivity contribution >= 4 is 11.9 Å². The van der Waals surface area contributed by atoms with Crippen LogP contribution in [0.25, 0.3) is 0 Å². The lowest BCUT2D eigenvalue weighted by atomic mass is 9.64. The lowest BCUT2D eigenvalue weighted by Gasteiger charge is -2.38. The molecule has 3 aliphatic heterocycles. The second-order valence-electron chi connectivity index (χ2n) is 9.40. The van der Waals surface area contributed by atoms with Crippen LogP contribution in [-0.4, -0.2) is 71.5 Å². The number of carbonyl (C=O) groups is 2. The zero-order valence-corrected chi connectivity index (χ0v) is 16.5. The predicted molar refractivity (Wildman–Crippen MR) is 98.5 cm³/mol. The van der Waals surface area contributed by atoms with E-state index in [1.807, 2.05) is 0 Å². The molecule has 0 spiro atoms. The van der Waals surface area contributed by atoms with Gasteiger partial charge in [-0.15, -0.1) is 0 Å². The number of ether oxygens (including phenoxy) is 4. The van der Waals surface area contributed by atoms with Crippen molar-refractivity contribution in [3.8, 4) is 0 Å². The minimum Gasteiger partial charge on any atom is -0.481 e. The average Bonchev–Trinajstić information content (AvgIpc) is 3.63. The SMILES string of the molecule is C1CC2OC2C1OC1CCC2OC12.O=C(O)C1CCCCC1(CC1CO1)C(=O)O. The number of hydrogen-bond acceptors (Lipinski definition) is 6. The molecule has 8 nitrogen and oxygen atoms in total. The third-order valence-corrected chi connectivity index (χ3v) is 7.55. The molecule has 2 N–H and O–H groups in total. The predicted octanol–water partition coefficient (Wildman–Crippen LogP) is 1.98. The normalized spacial score (nSPS) is 48.7. The molecule has 9 unspecified atom stereocenters. The highest BCUT2D eigenvalue weighted by atomic mass is 16.7. The van der Waals surface area contributed by atoms with Gasteiger partial charge in [-0.05, 0) is 44.9 Å². The van der Waals surface area contributed by atoms with Crippen LogP contribution in [0.15, 0.2) is 0 Å². The van der Waals surface area contributed by atoms with Gasteiger partial charge in [0.05, 0.1) is 48.5 Å². The number of fused-ring (bicyclic) bond motifs is 2. The Bertz CT molecular complexity index is 639. The van der Waals surface area contributed by atoms with E-state index in [2.05, 4.69) is 0 Å². The fraction of sp³-hybridized carbons (Fsp3) is 0.905. The Morgan fingerprint density at radius 1 is 0.931 bits per heavy atom. The first-order chi connectivity index (χ1) is 14.0. The van der Waals surface area contributed by atoms with Crippen molar-refractivity contribution in [2.75, 3.05) is 6.61 Å². The maximum Gasteiger partial charge on any atom is 0.310 e. The van der Waals surface area contributed by atoms with Crippen LogP contribution in [0.1, 0.15) is 57.8 Å². The lowest BCUT2D eigenvalue weighted by molar-refractivity contribution is -0.167. The minimum atomic E-state index is -1.11. The molecule has 3 aliphatic carbocycles. The summed E-state index contributed by atoms with van der Waals surface area (Å²) in [6.45, 7) is 0.571. The van der Waals surface area contributed by atoms with Crippen LogP contribution in [0.3, 0.4) is 0 Å². The van der Waals surface area contributed by atoms with E-state index in [1.54, 1.807) is 0 Å². The van der Waals surface area contributed by atoms with Gasteiger partial charge in [-0.1, -0.05) is 12.8 Å². The minimum absolute atomic E-state index is 0.0453. The summed E-state index contributed by atoms with van der Waals surface area (Å²) in [5, 5.41) is 18.5. The standard InChI is InChI=1S/C11H16O5.C10H14O3/c12-9(13)8-3-1-2-4-11(8,10(14)15)5-7-6-16-7;1-3-7-9(12-7)5(1)11-6-2-4-8-10(6)13-8/h7-8H,1-6H2,(H,12,13)(H,14,15);5-10H,1-4H2. The van der Waals surface area contributed by atoms with Crippen molar-refractivity contribution in [3.05, 3.63) is 0 Å². The molecule has 3 saturated heterocycles. The Hall–Kier alpha value is -1.22. The first-order valence-corrected chi connectivity index (χ1v) is 11.0. The number of epoxide rings is 3. The Labute approximate surface area is 169 Å². The van der Waals surface area contributed by atoms with E-state index in [0.717, 1.165) is 12.8 Å². The second-order valence-corrected chi connectivity index (χ2v) is 9.40. The summed E-state index contributed by atoms with van der Waals surface area (Å²) in [4.78, 5) is 22.6. The van der Waals surface area contributed by atoms with Gasteiger partial charge >= 0.3 is 11.9 Å². The number of rotatable bonds is 6. The molecule has 0 aromatic carbocycles. The Kier molecular flexibility index (Phi) is 5.09. The molecule has 6 aliphatic rings. The zero-order valence-electron chi connectivity index (χ0n) is 16.5. The van der Waals surface area contributed by atoms with Gasteiger partial charge in [-0.25, -0.2) is 0 Å². The van der Waals surface area contributed by atoms with E-state index in [-0.39, 0.29) is 6.10 Å². The lowest BCUT2D eigenvalue weighted by Crippen LogP contribution is -2.45. The molecule has 0 radical (unpaired) electrons. The summed E-state index contributed by atoms with van der Waals surface area (Å²) in [5.74, 6) is -2.72. The van der Waals surface area contributed by atoms with Crippen LogP contribution in [0, 0.1) is 11.3 Å². The zero-order chi connectivity index (χ0) is 20.2. The van der Waals surface area contributed by atoms with E-state index in [4.69, 9.17) is 24.1 Å². The van der Waals surface area contributed by atoms with Gasteiger partial charge in [-0.2, -0.15) is 0 Å². The monoisotopic (exact) mass is 410 g/mol. The molecule has 0 amide bonds. The first kappa shape index (κ1) is 19.7. The van der Waals surface area contributed by atoms with Crippen molar-refractivity contribution in [1.82, 2.24) is 0 Å². The van der Waals surface area contributed by atoms with Crippen LogP contribution in [0.4, 0.5) is 0 Å². The van der Waals surface area contributed by atoms with Crippen LogP contribution in [-0.2, 0) is 28.5 Å². The van der Waals surface area contributed by atoms with Crippen molar-refractivity contribution in [1.29, 1.82) is 0 Å². The number of carboxylic acids is 2. The van der Waals surface area contributed by atoms with E-state index in [0.29, 0.717) is 62.5 Å². The van der Waals surface area contributed by atoms with E-state index in [9.17, 15) is 14.7 Å². The number of hydrogen-bond donors (Lipinski definition) is 2. The number of aliphatic carboxylic acids is 2. The molecule has 3 heterocycles. The van der Waals surface area contributed by atoms with Crippen molar-refractivity contribution in [2.24, 2.45) is 11.3 Å². The Morgan fingerprint density at radius 2 is 1.55 bits per heavy atom. The van der Waals surface area contributed by atoms with Gasteiger partial charge in [0, 0.05) is 0 Å². The van der Waals surface area contributed by atoms with Crippen molar-refractivity contribution < 1.29 is 38.7 Å². The topological polar surface area (TPSA) is 121 Å². The summed E-state index contributed by atoms with van der Waals surface area (Å²) < 4.78 is 22.0. The molecule has 0 aromatic heterocycles. The smallest absolute Gasteiger partial charge is 0.310 e. The van der Waals surface area contributed by atoms with Crippen LogP contribution < -0.4 is 0 Å². The van der Waals surface area contributed by atoms with Gasteiger partial charge in [0.2, 0.25) is 0 Å². The summed E-state index contributed by atoms with van der Waals surface area (Å²) in [5.41, 5.74) is -1.11. The van der Waals surface area contributed by atoms with E-state index in [1.165, 1.54) is 25.7 Å². The van der Waals surface area contributed by atoms with Crippen LogP contribution in [0.2, 0.25) is 0 Å². The molecule has 9 atom stereocenters. The quantitative estimate of drug-likeness (QED) is 0.638. The van der Waals surface area contributed by atoms with E-state index < -0.39 is 23.3 Å². The molecule has 3 saturated carbocycles. The highest BCUT2D eigenvalue weighted by Gasteiger charge is 2.56. The fourth-order valence-corrected chi connectivity index (χ4v) is 5.71. The largest absolute Gasteiger partial charge is 0.481 e. The van der Waals surface area contributed by atoms with Crippen molar-refractivity contribution in [2.45, 2.75) is 101 Å². The molecule has 8 heteroatoms. The third kappa shape index (κ3) is 3.92. The molecule has 0 bridgehead atoms. The van der Waals surface area contributed by atoms with Gasteiger partial charge in [0.1, 0.15) is 12.2 Å². The first-order valence-electron chi connectivity index (χ1n) is 11.0. The van der Waals surface area contributed by atoms with Gasteiger partial charge < -0.3 is 29.2 Å². The van der Waals surface area contributed by atoms with Gasteiger partial charge in [-0.3, -0.25) is 9.59 Å². The maximum absolute atomic E-state index is 11.4. The second kappa shape index (κ2) is 7.48. The van der Waals surface area contributed by atoms with Gasteiger partial charge in [0.25, 0.3) is 0 Å². The van der Waals surface area contributed by atoms with Crippen LogP contribution in [0.5, 0.6) is 0 Å². The fourth-order valence-electron chi connectivity index (χ4n) is 5.71. The Balaban J connectivity index is 0.000000127. The van der Waals surface area contributed by atoms with Crippen LogP contribution >= 0.6 is 0 Å². The average molecular weight is 410 g/mol. The van der Waals surface area contributed by atoms with Crippen molar-refractivity contribution in [3.63, 3.8) is 0 Å². The summed E-state index contributed by atoms with van der Waals surface area (Å²) in [6, 6.07) is 0.